The minimum absolute atomic E-state index is 0.147. The van der Waals surface area contributed by atoms with Crippen molar-refractivity contribution in [3.63, 3.8) is 0 Å². The van der Waals surface area contributed by atoms with Crippen molar-refractivity contribution >= 4 is 17.9 Å². The summed E-state index contributed by atoms with van der Waals surface area (Å²) in [5.41, 5.74) is 0. The van der Waals surface area contributed by atoms with Gasteiger partial charge in [-0.3, -0.25) is 9.59 Å². The van der Waals surface area contributed by atoms with Gasteiger partial charge in [-0.15, -0.1) is 0 Å². The van der Waals surface area contributed by atoms with Gasteiger partial charge in [0.2, 0.25) is 0 Å². The number of carboxylic acids is 1. The standard InChI is InChI=1S/C70H125NO8/c1-6-8-10-12-14-16-18-20-22-24-26-28-30-31-32-33-34-35-36-37-39-41-43-45-47-49-51-53-55-57-59-61-68(73)79-66(65-78-70(69(74)75)76-63-62-71(3,4)5)64-77-67(72)60-58-56-54-52-50-48-46-44-42-40-38-29-27-25-23-21-19-17-15-13-11-9-7-2/h8,10,14,16,20,22,25-28,31-32,66,70H,6-7,9,11-13,15,17-19,21,23-24,29-30,33-65H2,1-5H3/b10-8-,16-14-,22-20-,27-25-,28-26-,32-31-. The number of allylic oxidation sites excluding steroid dienone is 12. The Balaban J connectivity index is 4.14. The van der Waals surface area contributed by atoms with Gasteiger partial charge in [-0.2, -0.15) is 0 Å². The fourth-order valence-electron chi connectivity index (χ4n) is 9.38. The minimum Gasteiger partial charge on any atom is -0.545 e. The second-order valence-corrected chi connectivity index (χ2v) is 23.4. The summed E-state index contributed by atoms with van der Waals surface area (Å²) < 4.78 is 22.8. The van der Waals surface area contributed by atoms with Gasteiger partial charge in [-0.1, -0.05) is 273 Å². The lowest BCUT2D eigenvalue weighted by Gasteiger charge is -2.26. The Morgan fingerprint density at radius 1 is 0.392 bits per heavy atom. The molecule has 0 saturated heterocycles. The van der Waals surface area contributed by atoms with Crippen LogP contribution in [-0.4, -0.2) is 82.3 Å². The van der Waals surface area contributed by atoms with E-state index in [9.17, 15) is 19.5 Å². The highest BCUT2D eigenvalue weighted by molar-refractivity contribution is 5.70. The third-order valence-electron chi connectivity index (χ3n) is 14.4. The zero-order valence-corrected chi connectivity index (χ0v) is 52.2. The SMILES string of the molecule is CC/C=C\C/C=C\C/C=C\C/C=C\C/C=C\CCCCCCCCCCCCCCCCCC(=O)OC(COC(=O)CCCCCCCCCCCCC/C=C\CCCCCCCCCC)COC(OCC[N+](C)(C)C)C(=O)[O-]. The molecular formula is C70H125NO8. The molecule has 79 heavy (non-hydrogen) atoms. The Morgan fingerprint density at radius 3 is 1.09 bits per heavy atom. The van der Waals surface area contributed by atoms with Crippen molar-refractivity contribution in [1.82, 2.24) is 0 Å². The van der Waals surface area contributed by atoms with E-state index < -0.39 is 24.3 Å². The average molecular weight is 1110 g/mol. The van der Waals surface area contributed by atoms with Gasteiger partial charge in [0.15, 0.2) is 12.4 Å². The lowest BCUT2D eigenvalue weighted by Crippen LogP contribution is -2.44. The molecule has 2 unspecified atom stereocenters. The lowest BCUT2D eigenvalue weighted by atomic mass is 10.0. The van der Waals surface area contributed by atoms with E-state index in [0.29, 0.717) is 23.9 Å². The molecule has 0 aliphatic rings. The number of quaternary nitrogens is 1. The van der Waals surface area contributed by atoms with E-state index in [1.54, 1.807) is 0 Å². The molecule has 0 amide bonds. The van der Waals surface area contributed by atoms with Crippen LogP contribution in [0.3, 0.4) is 0 Å². The van der Waals surface area contributed by atoms with Crippen LogP contribution in [0.25, 0.3) is 0 Å². The topological polar surface area (TPSA) is 111 Å². The Hall–Kier alpha value is -3.27. The van der Waals surface area contributed by atoms with Crippen molar-refractivity contribution in [2.75, 3.05) is 47.5 Å². The van der Waals surface area contributed by atoms with E-state index in [-0.39, 0.29) is 32.2 Å². The highest BCUT2D eigenvalue weighted by Gasteiger charge is 2.22. The molecule has 9 heteroatoms. The number of carboxylic acid groups (broad SMARTS) is 1. The normalized spacial score (nSPS) is 13.2. The largest absolute Gasteiger partial charge is 0.545 e. The number of rotatable bonds is 61. The Morgan fingerprint density at radius 2 is 0.722 bits per heavy atom. The van der Waals surface area contributed by atoms with Gasteiger partial charge in [-0.05, 0) is 83.5 Å². The third-order valence-corrected chi connectivity index (χ3v) is 14.4. The third kappa shape index (κ3) is 62.2. The molecule has 2 atom stereocenters. The van der Waals surface area contributed by atoms with Gasteiger partial charge in [0.05, 0.1) is 40.3 Å². The van der Waals surface area contributed by atoms with Crippen LogP contribution in [0.5, 0.6) is 0 Å². The number of aliphatic carboxylic acids is 1. The first-order valence-electron chi connectivity index (χ1n) is 33.1. The number of hydrogen-bond acceptors (Lipinski definition) is 8. The van der Waals surface area contributed by atoms with Crippen molar-refractivity contribution in [2.45, 2.75) is 309 Å². The van der Waals surface area contributed by atoms with Gasteiger partial charge >= 0.3 is 11.9 Å². The first-order chi connectivity index (χ1) is 38.6. The molecule has 0 N–H and O–H groups in total. The molecule has 0 heterocycles. The predicted molar refractivity (Wildman–Crippen MR) is 334 cm³/mol. The summed E-state index contributed by atoms with van der Waals surface area (Å²) in [6.45, 7) is 4.67. The molecule has 0 rings (SSSR count). The van der Waals surface area contributed by atoms with E-state index >= 15 is 0 Å². The van der Waals surface area contributed by atoms with Crippen molar-refractivity contribution < 1.29 is 42.9 Å². The molecule has 458 valence electrons. The summed E-state index contributed by atoms with van der Waals surface area (Å²) in [6, 6.07) is 0. The number of ether oxygens (including phenoxy) is 4. The number of carbonyl (C=O) groups excluding carboxylic acids is 3. The van der Waals surface area contributed by atoms with Crippen molar-refractivity contribution in [2.24, 2.45) is 0 Å². The lowest BCUT2D eigenvalue weighted by molar-refractivity contribution is -0.870. The Bertz CT molecular complexity index is 1520. The minimum atomic E-state index is -1.62. The van der Waals surface area contributed by atoms with E-state index in [0.717, 1.165) is 70.6 Å². The van der Waals surface area contributed by atoms with E-state index in [1.807, 2.05) is 21.1 Å². The molecule has 0 fully saturated rings. The predicted octanol–water partition coefficient (Wildman–Crippen LogP) is 18.8. The second kappa shape index (κ2) is 60.8. The smallest absolute Gasteiger partial charge is 0.306 e. The van der Waals surface area contributed by atoms with Crippen LogP contribution in [0.15, 0.2) is 72.9 Å². The number of likely N-dealkylation sites (N-methyl/N-ethyl adjacent to an activating group) is 1. The van der Waals surface area contributed by atoms with Crippen LogP contribution in [0, 0.1) is 0 Å². The molecule has 0 aliphatic carbocycles. The van der Waals surface area contributed by atoms with Crippen LogP contribution in [-0.2, 0) is 33.3 Å². The molecule has 0 aromatic rings. The maximum Gasteiger partial charge on any atom is 0.306 e. The molecule has 0 radical (unpaired) electrons. The summed E-state index contributed by atoms with van der Waals surface area (Å²) in [6.07, 6.45) is 76.8. The van der Waals surface area contributed by atoms with Crippen LogP contribution < -0.4 is 5.11 Å². The van der Waals surface area contributed by atoms with Crippen LogP contribution >= 0.6 is 0 Å². The van der Waals surface area contributed by atoms with Gasteiger partial charge in [0.1, 0.15) is 13.2 Å². The molecule has 0 spiro atoms. The van der Waals surface area contributed by atoms with Gasteiger partial charge in [-0.25, -0.2) is 0 Å². The molecule has 0 bridgehead atoms. The van der Waals surface area contributed by atoms with E-state index in [1.165, 1.54) is 193 Å². The van der Waals surface area contributed by atoms with Crippen LogP contribution in [0.4, 0.5) is 0 Å². The maximum absolute atomic E-state index is 12.9. The zero-order chi connectivity index (χ0) is 57.6. The number of unbranched alkanes of at least 4 members (excludes halogenated alkanes) is 34. The quantitative estimate of drug-likeness (QED) is 0.0195. The number of carbonyl (C=O) groups is 3. The maximum atomic E-state index is 12.9. The van der Waals surface area contributed by atoms with E-state index in [4.69, 9.17) is 18.9 Å². The Labute approximate surface area is 487 Å². The zero-order valence-electron chi connectivity index (χ0n) is 52.2. The van der Waals surface area contributed by atoms with Crippen molar-refractivity contribution in [1.29, 1.82) is 0 Å². The first-order valence-corrected chi connectivity index (χ1v) is 33.1. The summed E-state index contributed by atoms with van der Waals surface area (Å²) in [4.78, 5) is 37.4. The summed E-state index contributed by atoms with van der Waals surface area (Å²) in [5.74, 6) is -2.27. The monoisotopic (exact) mass is 1110 g/mol. The second-order valence-electron chi connectivity index (χ2n) is 23.4. The van der Waals surface area contributed by atoms with Crippen molar-refractivity contribution in [3.05, 3.63) is 72.9 Å². The number of nitrogens with zero attached hydrogens (tertiary/aromatic N) is 1. The van der Waals surface area contributed by atoms with Gasteiger partial charge in [0.25, 0.3) is 0 Å². The van der Waals surface area contributed by atoms with Crippen LogP contribution in [0.1, 0.15) is 296 Å². The highest BCUT2D eigenvalue weighted by atomic mass is 16.7. The average Bonchev–Trinajstić information content (AvgIpc) is 3.42. The van der Waals surface area contributed by atoms with Gasteiger partial charge < -0.3 is 33.3 Å². The molecule has 0 aromatic carbocycles. The number of hydrogen-bond donors (Lipinski definition) is 0. The summed E-state index contributed by atoms with van der Waals surface area (Å²) in [5, 5.41) is 11.8. The highest BCUT2D eigenvalue weighted by Crippen LogP contribution is 2.17. The molecule has 9 nitrogen and oxygen atoms in total. The molecule has 0 aromatic heterocycles. The Kier molecular flexibility index (Phi) is 58.3. The van der Waals surface area contributed by atoms with Crippen molar-refractivity contribution in [3.8, 4) is 0 Å². The summed E-state index contributed by atoms with van der Waals surface area (Å²) >= 11 is 0. The molecule has 0 saturated carbocycles. The van der Waals surface area contributed by atoms with Crippen LogP contribution in [0.2, 0.25) is 0 Å². The first kappa shape index (κ1) is 75.7. The van der Waals surface area contributed by atoms with Gasteiger partial charge in [0, 0.05) is 12.8 Å². The molecular weight excluding hydrogens is 983 g/mol. The van der Waals surface area contributed by atoms with E-state index in [2.05, 4.69) is 86.8 Å². The number of esters is 2. The summed E-state index contributed by atoms with van der Waals surface area (Å²) in [7, 11) is 5.93. The molecule has 0 aliphatic heterocycles. The fourth-order valence-corrected chi connectivity index (χ4v) is 9.38. The fraction of sp³-hybridized carbons (Fsp3) is 0.786.